The van der Waals surface area contributed by atoms with Gasteiger partial charge in [0.1, 0.15) is 11.8 Å². The Kier molecular flexibility index (Phi) is 4.15. The number of hydrogen-bond acceptors (Lipinski definition) is 3. The number of aliphatic carboxylic acids is 1. The molecule has 0 aliphatic rings. The van der Waals surface area contributed by atoms with Crippen molar-refractivity contribution in [2.45, 2.75) is 19.4 Å². The van der Waals surface area contributed by atoms with Crippen LogP contribution < -0.4 is 10.5 Å². The molecular weight excluding hydrogens is 230 g/mol. The molecule has 88 valence electrons. The molecule has 1 rings (SSSR count). The summed E-state index contributed by atoms with van der Waals surface area (Å²) in [6.45, 7) is 1.88. The molecule has 0 spiro atoms. The van der Waals surface area contributed by atoms with Crippen molar-refractivity contribution >= 4 is 17.6 Å². The van der Waals surface area contributed by atoms with Crippen LogP contribution in [0, 0.1) is 6.92 Å². The molecule has 1 atom stereocenters. The van der Waals surface area contributed by atoms with E-state index in [4.69, 9.17) is 27.2 Å². The van der Waals surface area contributed by atoms with E-state index in [1.807, 2.05) is 6.92 Å². The molecule has 1 unspecified atom stereocenters. The number of halogens is 1. The summed E-state index contributed by atoms with van der Waals surface area (Å²) in [5, 5.41) is 9.22. The van der Waals surface area contributed by atoms with E-state index in [0.29, 0.717) is 16.3 Å². The summed E-state index contributed by atoms with van der Waals surface area (Å²) < 4.78 is 5.15. The lowest BCUT2D eigenvalue weighted by atomic mass is 10.0. The van der Waals surface area contributed by atoms with Gasteiger partial charge in [-0.1, -0.05) is 11.6 Å². The molecule has 0 amide bonds. The first-order valence-corrected chi connectivity index (χ1v) is 5.15. The molecule has 1 aromatic carbocycles. The fourth-order valence-corrected chi connectivity index (χ4v) is 1.77. The van der Waals surface area contributed by atoms with Crippen molar-refractivity contribution < 1.29 is 14.6 Å². The van der Waals surface area contributed by atoms with Crippen LogP contribution in [0.3, 0.4) is 0 Å². The summed E-state index contributed by atoms with van der Waals surface area (Å²) >= 11 is 6.03. The van der Waals surface area contributed by atoms with Gasteiger partial charge in [-0.05, 0) is 24.6 Å². The van der Waals surface area contributed by atoms with E-state index in [1.54, 1.807) is 12.1 Å². The van der Waals surface area contributed by atoms with Crippen LogP contribution in [0.4, 0.5) is 0 Å². The van der Waals surface area contributed by atoms with Gasteiger partial charge in [0.25, 0.3) is 0 Å². The molecule has 0 saturated heterocycles. The van der Waals surface area contributed by atoms with Gasteiger partial charge >= 0.3 is 5.97 Å². The average Bonchev–Trinajstić information content (AvgIpc) is 2.21. The summed E-state index contributed by atoms with van der Waals surface area (Å²) in [6.07, 6.45) is 0.150. The normalized spacial score (nSPS) is 12.2. The predicted molar refractivity (Wildman–Crippen MR) is 62.1 cm³/mol. The van der Waals surface area contributed by atoms with E-state index in [-0.39, 0.29) is 6.42 Å². The molecule has 3 N–H and O–H groups in total. The van der Waals surface area contributed by atoms with Crippen molar-refractivity contribution in [1.29, 1.82) is 0 Å². The smallest absolute Gasteiger partial charge is 0.320 e. The predicted octanol–water partition coefficient (Wildman–Crippen LogP) is 1.61. The number of nitrogens with two attached hydrogens (primary N) is 1. The van der Waals surface area contributed by atoms with Crippen LogP contribution in [0.5, 0.6) is 5.75 Å². The van der Waals surface area contributed by atoms with Gasteiger partial charge in [-0.15, -0.1) is 0 Å². The molecule has 0 aromatic heterocycles. The fourth-order valence-electron chi connectivity index (χ4n) is 1.43. The van der Waals surface area contributed by atoms with Crippen molar-refractivity contribution in [2.24, 2.45) is 5.73 Å². The SMILES string of the molecule is COc1cc(C)cc(Cl)c1CC(N)C(=O)O. The molecule has 0 aliphatic carbocycles. The Morgan fingerprint density at radius 2 is 2.25 bits per heavy atom. The molecule has 16 heavy (non-hydrogen) atoms. The Labute approximate surface area is 99.0 Å². The summed E-state index contributed by atoms with van der Waals surface area (Å²) in [4.78, 5) is 10.7. The Balaban J connectivity index is 3.07. The number of carboxylic acids is 1. The summed E-state index contributed by atoms with van der Waals surface area (Å²) in [7, 11) is 1.51. The number of ether oxygens (including phenoxy) is 1. The maximum Gasteiger partial charge on any atom is 0.320 e. The Morgan fingerprint density at radius 3 is 2.75 bits per heavy atom. The number of benzene rings is 1. The quantitative estimate of drug-likeness (QED) is 0.843. The summed E-state index contributed by atoms with van der Waals surface area (Å²) in [5.74, 6) is -0.486. The highest BCUT2D eigenvalue weighted by molar-refractivity contribution is 6.31. The molecule has 0 bridgehead atoms. The standard InChI is InChI=1S/C11H14ClNO3/c1-6-3-8(12)7(10(4-6)16-2)5-9(13)11(14)15/h3-4,9H,5,13H2,1-2H3,(H,14,15). The first-order valence-electron chi connectivity index (χ1n) is 4.77. The number of carbonyl (C=O) groups is 1. The number of methoxy groups -OCH3 is 1. The molecular formula is C11H14ClNO3. The van der Waals surface area contributed by atoms with Crippen LogP contribution in [0.25, 0.3) is 0 Å². The molecule has 1 aromatic rings. The number of hydrogen-bond donors (Lipinski definition) is 2. The topological polar surface area (TPSA) is 72.5 Å². The van der Waals surface area contributed by atoms with Crippen molar-refractivity contribution in [3.8, 4) is 5.75 Å². The molecule has 0 aliphatic heterocycles. The minimum absolute atomic E-state index is 0.150. The number of rotatable bonds is 4. The zero-order valence-electron chi connectivity index (χ0n) is 9.16. The van der Waals surface area contributed by atoms with Crippen LogP contribution in [0.1, 0.15) is 11.1 Å². The average molecular weight is 244 g/mol. The third-order valence-corrected chi connectivity index (χ3v) is 2.60. The van der Waals surface area contributed by atoms with Crippen LogP contribution >= 0.6 is 11.6 Å². The van der Waals surface area contributed by atoms with E-state index in [2.05, 4.69) is 0 Å². The van der Waals surface area contributed by atoms with E-state index in [1.165, 1.54) is 7.11 Å². The van der Waals surface area contributed by atoms with E-state index in [9.17, 15) is 4.79 Å². The van der Waals surface area contributed by atoms with Crippen molar-refractivity contribution in [3.05, 3.63) is 28.3 Å². The highest BCUT2D eigenvalue weighted by atomic mass is 35.5. The number of aryl methyl sites for hydroxylation is 1. The van der Waals surface area contributed by atoms with E-state index < -0.39 is 12.0 Å². The zero-order chi connectivity index (χ0) is 12.3. The van der Waals surface area contributed by atoms with Gasteiger partial charge in [0.05, 0.1) is 7.11 Å². The molecule has 5 heteroatoms. The Hall–Kier alpha value is -1.26. The monoisotopic (exact) mass is 243 g/mol. The van der Waals surface area contributed by atoms with Crippen molar-refractivity contribution in [3.63, 3.8) is 0 Å². The minimum atomic E-state index is -1.06. The lowest BCUT2D eigenvalue weighted by molar-refractivity contribution is -0.138. The second-order valence-electron chi connectivity index (χ2n) is 3.58. The van der Waals surface area contributed by atoms with Gasteiger partial charge in [-0.25, -0.2) is 0 Å². The van der Waals surface area contributed by atoms with E-state index in [0.717, 1.165) is 5.56 Å². The molecule has 0 heterocycles. The highest BCUT2D eigenvalue weighted by Crippen LogP contribution is 2.29. The fraction of sp³-hybridized carbons (Fsp3) is 0.364. The van der Waals surface area contributed by atoms with Crippen molar-refractivity contribution in [2.75, 3.05) is 7.11 Å². The van der Waals surface area contributed by atoms with Gasteiger partial charge in [0.2, 0.25) is 0 Å². The van der Waals surface area contributed by atoms with Gasteiger partial charge < -0.3 is 15.6 Å². The minimum Gasteiger partial charge on any atom is -0.496 e. The largest absolute Gasteiger partial charge is 0.496 e. The third-order valence-electron chi connectivity index (χ3n) is 2.26. The lowest BCUT2D eigenvalue weighted by Gasteiger charge is -2.13. The van der Waals surface area contributed by atoms with Crippen LogP contribution in [-0.2, 0) is 11.2 Å². The molecule has 0 saturated carbocycles. The lowest BCUT2D eigenvalue weighted by Crippen LogP contribution is -2.32. The van der Waals surface area contributed by atoms with Gasteiger partial charge in [-0.2, -0.15) is 0 Å². The second-order valence-corrected chi connectivity index (χ2v) is 3.98. The Bertz CT molecular complexity index is 406. The van der Waals surface area contributed by atoms with Gasteiger partial charge in [0, 0.05) is 17.0 Å². The third kappa shape index (κ3) is 2.87. The van der Waals surface area contributed by atoms with Crippen LogP contribution in [-0.4, -0.2) is 24.2 Å². The Morgan fingerprint density at radius 1 is 1.62 bits per heavy atom. The van der Waals surface area contributed by atoms with Gasteiger partial charge in [-0.3, -0.25) is 4.79 Å². The van der Waals surface area contributed by atoms with Crippen LogP contribution in [0.15, 0.2) is 12.1 Å². The van der Waals surface area contributed by atoms with Crippen LogP contribution in [0.2, 0.25) is 5.02 Å². The maximum absolute atomic E-state index is 10.7. The first-order chi connectivity index (χ1) is 7.45. The second kappa shape index (κ2) is 5.18. The molecule has 0 radical (unpaired) electrons. The molecule has 0 fully saturated rings. The van der Waals surface area contributed by atoms with E-state index >= 15 is 0 Å². The zero-order valence-corrected chi connectivity index (χ0v) is 9.91. The number of carboxylic acid groups (broad SMARTS) is 1. The first kappa shape index (κ1) is 12.8. The summed E-state index contributed by atoms with van der Waals surface area (Å²) in [6, 6.07) is 2.58. The summed E-state index contributed by atoms with van der Waals surface area (Å²) in [5.41, 5.74) is 7.05. The van der Waals surface area contributed by atoms with Gasteiger partial charge in [0.15, 0.2) is 0 Å². The van der Waals surface area contributed by atoms with Crippen molar-refractivity contribution in [1.82, 2.24) is 0 Å². The molecule has 4 nitrogen and oxygen atoms in total. The highest BCUT2D eigenvalue weighted by Gasteiger charge is 2.17. The maximum atomic E-state index is 10.7.